The predicted octanol–water partition coefficient (Wildman–Crippen LogP) is -1.74. The predicted molar refractivity (Wildman–Crippen MR) is 67.2 cm³/mol. The molecule has 0 spiro atoms. The smallest absolute Gasteiger partial charge is 0.252 e. The summed E-state index contributed by atoms with van der Waals surface area (Å²) in [4.78, 5) is 15.7. The van der Waals surface area contributed by atoms with Crippen LogP contribution in [0.25, 0.3) is 0 Å². The third-order valence-corrected chi connectivity index (χ3v) is 4.09. The molecule has 0 radical (unpaired) electrons. The summed E-state index contributed by atoms with van der Waals surface area (Å²) < 4.78 is 5.54. The van der Waals surface area contributed by atoms with Crippen molar-refractivity contribution in [2.24, 2.45) is 4.99 Å². The summed E-state index contributed by atoms with van der Waals surface area (Å²) in [6.45, 7) is 2.22. The normalized spacial score (nSPS) is 41.3. The van der Waals surface area contributed by atoms with Gasteiger partial charge in [-0.05, 0) is 6.92 Å². The van der Waals surface area contributed by atoms with Crippen LogP contribution in [0, 0.1) is 0 Å². The lowest BCUT2D eigenvalue weighted by Crippen LogP contribution is -2.62. The molecule has 1 amide bonds. The summed E-state index contributed by atoms with van der Waals surface area (Å²) in [5, 5.41) is 26.1. The molecule has 5 atom stereocenters. The second-order valence-electron chi connectivity index (χ2n) is 4.12. The van der Waals surface area contributed by atoms with E-state index in [2.05, 4.69) is 15.6 Å². The first-order chi connectivity index (χ1) is 8.58. The van der Waals surface area contributed by atoms with Crippen LogP contribution in [0.15, 0.2) is 4.99 Å². The van der Waals surface area contributed by atoms with Gasteiger partial charge in [-0.25, -0.2) is 0 Å². The molecule has 2 heterocycles. The zero-order valence-corrected chi connectivity index (χ0v) is 11.0. The van der Waals surface area contributed by atoms with E-state index in [1.165, 1.54) is 11.8 Å². The number of amidine groups is 1. The largest absolute Gasteiger partial charge is 0.388 e. The van der Waals surface area contributed by atoms with E-state index in [0.29, 0.717) is 11.7 Å². The molecule has 2 fully saturated rings. The number of aliphatic hydroxyl groups excluding tert-OH is 2. The molecule has 18 heavy (non-hydrogen) atoms. The highest BCUT2D eigenvalue weighted by molar-refractivity contribution is 8.14. The van der Waals surface area contributed by atoms with Crippen LogP contribution < -0.4 is 10.6 Å². The van der Waals surface area contributed by atoms with E-state index in [0.717, 1.165) is 0 Å². The molecule has 0 aliphatic carbocycles. The van der Waals surface area contributed by atoms with E-state index in [1.54, 1.807) is 14.0 Å². The van der Waals surface area contributed by atoms with Crippen molar-refractivity contribution in [1.82, 2.24) is 10.6 Å². The third kappa shape index (κ3) is 2.33. The number of hydrogen-bond acceptors (Lipinski definition) is 6. The van der Waals surface area contributed by atoms with Crippen molar-refractivity contribution in [3.05, 3.63) is 0 Å². The number of aliphatic hydroxyl groups is 2. The topological polar surface area (TPSA) is 103 Å². The van der Waals surface area contributed by atoms with Gasteiger partial charge in [-0.1, -0.05) is 11.8 Å². The molecule has 8 heteroatoms. The van der Waals surface area contributed by atoms with Gasteiger partial charge in [0.15, 0.2) is 11.3 Å². The molecule has 0 aromatic carbocycles. The highest BCUT2D eigenvalue weighted by Crippen LogP contribution is 2.33. The maximum Gasteiger partial charge on any atom is 0.252 e. The van der Waals surface area contributed by atoms with Crippen LogP contribution in [0.5, 0.6) is 0 Å². The molecular weight excluding hydrogens is 258 g/mol. The lowest BCUT2D eigenvalue weighted by molar-refractivity contribution is -0.172. The second kappa shape index (κ2) is 5.43. The number of aliphatic imine (C=N–C) groups is 1. The minimum Gasteiger partial charge on any atom is -0.388 e. The monoisotopic (exact) mass is 275 g/mol. The summed E-state index contributed by atoms with van der Waals surface area (Å²) in [5.41, 5.74) is -0.422. The van der Waals surface area contributed by atoms with E-state index < -0.39 is 35.7 Å². The number of likely N-dealkylation sites (N-methyl/N-ethyl adjacent to an activating group) is 1. The fraction of sp³-hybridized carbons (Fsp3) is 0.800. The summed E-state index contributed by atoms with van der Waals surface area (Å²) in [5.74, 6) is -0.412. The SMILES string of the molecule is CCNC(=O)[C@H]1O[C@@H]2SC(=NC)N[C@@H]2[C@@H](O)[C@@H]1O. The van der Waals surface area contributed by atoms with Crippen LogP contribution in [0.1, 0.15) is 6.92 Å². The van der Waals surface area contributed by atoms with Crippen LogP contribution in [-0.4, -0.2) is 64.7 Å². The number of nitrogens with one attached hydrogen (secondary N) is 2. The molecule has 4 N–H and O–H groups in total. The van der Waals surface area contributed by atoms with Crippen molar-refractivity contribution in [2.75, 3.05) is 13.6 Å². The fourth-order valence-corrected chi connectivity index (χ4v) is 3.09. The molecule has 2 rings (SSSR count). The lowest BCUT2D eigenvalue weighted by atomic mass is 9.97. The van der Waals surface area contributed by atoms with Crippen molar-refractivity contribution in [2.45, 2.75) is 36.7 Å². The van der Waals surface area contributed by atoms with Crippen LogP contribution in [0.4, 0.5) is 0 Å². The Bertz CT molecular complexity index is 365. The number of amides is 1. The van der Waals surface area contributed by atoms with E-state index >= 15 is 0 Å². The van der Waals surface area contributed by atoms with E-state index in [4.69, 9.17) is 4.74 Å². The first kappa shape index (κ1) is 13.6. The van der Waals surface area contributed by atoms with Gasteiger partial charge < -0.3 is 25.6 Å². The van der Waals surface area contributed by atoms with Gasteiger partial charge in [-0.3, -0.25) is 9.79 Å². The molecule has 7 nitrogen and oxygen atoms in total. The van der Waals surface area contributed by atoms with Crippen LogP contribution in [-0.2, 0) is 9.53 Å². The molecule has 2 aliphatic heterocycles. The minimum absolute atomic E-state index is 0.412. The maximum absolute atomic E-state index is 11.7. The van der Waals surface area contributed by atoms with Gasteiger partial charge in [0.25, 0.3) is 5.91 Å². The average molecular weight is 275 g/mol. The Morgan fingerprint density at radius 3 is 2.89 bits per heavy atom. The van der Waals surface area contributed by atoms with Crippen molar-refractivity contribution in [3.8, 4) is 0 Å². The van der Waals surface area contributed by atoms with Gasteiger partial charge >= 0.3 is 0 Å². The Morgan fingerprint density at radius 1 is 1.56 bits per heavy atom. The van der Waals surface area contributed by atoms with Crippen LogP contribution in [0.3, 0.4) is 0 Å². The highest BCUT2D eigenvalue weighted by Gasteiger charge is 2.50. The van der Waals surface area contributed by atoms with Gasteiger partial charge in [0.2, 0.25) is 0 Å². The second-order valence-corrected chi connectivity index (χ2v) is 5.20. The van der Waals surface area contributed by atoms with Gasteiger partial charge in [0.1, 0.15) is 17.6 Å². The molecule has 0 aromatic heterocycles. The molecule has 0 bridgehead atoms. The zero-order valence-electron chi connectivity index (χ0n) is 10.2. The first-order valence-electron chi connectivity index (χ1n) is 5.77. The number of hydrogen-bond donors (Lipinski definition) is 4. The summed E-state index contributed by atoms with van der Waals surface area (Å²) in [6.07, 6.45) is -3.36. The Balaban J connectivity index is 2.12. The number of nitrogens with zero attached hydrogens (tertiary/aromatic N) is 1. The zero-order chi connectivity index (χ0) is 13.3. The fourth-order valence-electron chi connectivity index (χ4n) is 2.01. The standard InChI is InChI=1S/C10H17N3O4S/c1-3-12-8(16)7-6(15)5(14)4-9(17-7)18-10(11-2)13-4/h4-7,9,14-15H,3H2,1-2H3,(H,11,13)(H,12,16)/t4-,5-,6+,7+,9-/m1/s1. The molecule has 0 aromatic rings. The molecule has 0 unspecified atom stereocenters. The Kier molecular flexibility index (Phi) is 4.10. The molecule has 0 saturated carbocycles. The number of carbonyl (C=O) groups excluding carboxylic acids is 1. The van der Waals surface area contributed by atoms with Gasteiger partial charge in [-0.15, -0.1) is 0 Å². The van der Waals surface area contributed by atoms with Gasteiger partial charge in [0, 0.05) is 13.6 Å². The Labute approximate surface area is 109 Å². The van der Waals surface area contributed by atoms with E-state index in [-0.39, 0.29) is 0 Å². The highest BCUT2D eigenvalue weighted by atomic mass is 32.2. The summed E-state index contributed by atoms with van der Waals surface area (Å²) in [6, 6.07) is -0.450. The summed E-state index contributed by atoms with van der Waals surface area (Å²) in [7, 11) is 1.62. The van der Waals surface area contributed by atoms with Crippen LogP contribution >= 0.6 is 11.8 Å². The lowest BCUT2D eigenvalue weighted by Gasteiger charge is -2.37. The first-order valence-corrected chi connectivity index (χ1v) is 6.65. The average Bonchev–Trinajstić information content (AvgIpc) is 2.77. The van der Waals surface area contributed by atoms with Crippen molar-refractivity contribution in [1.29, 1.82) is 0 Å². The molecule has 102 valence electrons. The third-order valence-electron chi connectivity index (χ3n) is 2.93. The minimum atomic E-state index is -1.25. The van der Waals surface area contributed by atoms with Crippen molar-refractivity contribution < 1.29 is 19.7 Å². The number of carbonyl (C=O) groups is 1. The summed E-state index contributed by atoms with van der Waals surface area (Å²) >= 11 is 1.31. The number of rotatable bonds is 2. The van der Waals surface area contributed by atoms with Crippen molar-refractivity contribution >= 4 is 22.8 Å². The van der Waals surface area contributed by atoms with E-state index in [9.17, 15) is 15.0 Å². The van der Waals surface area contributed by atoms with Crippen molar-refractivity contribution in [3.63, 3.8) is 0 Å². The maximum atomic E-state index is 11.7. The number of ether oxygens (including phenoxy) is 1. The molecular formula is C10H17N3O4S. The van der Waals surface area contributed by atoms with Crippen LogP contribution in [0.2, 0.25) is 0 Å². The van der Waals surface area contributed by atoms with E-state index in [1.807, 2.05) is 0 Å². The number of fused-ring (bicyclic) bond motifs is 1. The Hall–Kier alpha value is -0.830. The molecule has 2 aliphatic rings. The van der Waals surface area contributed by atoms with Gasteiger partial charge in [0.05, 0.1) is 6.04 Å². The van der Waals surface area contributed by atoms with Gasteiger partial charge in [-0.2, -0.15) is 0 Å². The quantitative estimate of drug-likeness (QED) is 0.477. The number of thioether (sulfide) groups is 1. The Morgan fingerprint density at radius 2 is 2.28 bits per heavy atom. The molecule has 2 saturated heterocycles.